The van der Waals surface area contributed by atoms with Gasteiger partial charge >= 0.3 is 0 Å². The molecule has 1 fully saturated rings. The van der Waals surface area contributed by atoms with Crippen molar-refractivity contribution in [3.8, 4) is 11.3 Å². The molecule has 6 heteroatoms. The van der Waals surface area contributed by atoms with Crippen LogP contribution in [-0.4, -0.2) is 33.9 Å². The summed E-state index contributed by atoms with van der Waals surface area (Å²) in [6, 6.07) is 16.0. The molecule has 2 aromatic carbocycles. The number of fused-ring (bicyclic) bond motifs is 3. The van der Waals surface area contributed by atoms with E-state index in [0.717, 1.165) is 45.9 Å². The SMILES string of the molecule is CNC(=O)c1ccc2c(c1)nc(-c1ccccc1)c1nc(NC3CC3)ncc12. The van der Waals surface area contributed by atoms with Crippen LogP contribution in [0.3, 0.4) is 0 Å². The Labute approximate surface area is 162 Å². The quantitative estimate of drug-likeness (QED) is 0.535. The second-order valence-corrected chi connectivity index (χ2v) is 7.01. The Morgan fingerprint density at radius 2 is 1.86 bits per heavy atom. The standard InChI is InChI=1S/C22H19N5O/c1-23-21(28)14-7-10-16-17-12-24-22(25-15-8-9-15)27-20(17)19(26-18(16)11-14)13-5-3-2-4-6-13/h2-7,10-12,15H,8-9H2,1H3,(H,23,28)(H,24,25,27). The third kappa shape index (κ3) is 2.93. The molecule has 0 atom stereocenters. The summed E-state index contributed by atoms with van der Waals surface area (Å²) in [5, 5.41) is 7.88. The van der Waals surface area contributed by atoms with Crippen LogP contribution < -0.4 is 10.6 Å². The third-order valence-corrected chi connectivity index (χ3v) is 4.98. The van der Waals surface area contributed by atoms with Crippen LogP contribution >= 0.6 is 0 Å². The number of hydrogen-bond donors (Lipinski definition) is 2. The molecule has 0 spiro atoms. The fourth-order valence-electron chi connectivity index (χ4n) is 3.35. The van der Waals surface area contributed by atoms with Crippen LogP contribution in [0.5, 0.6) is 0 Å². The van der Waals surface area contributed by atoms with Crippen molar-refractivity contribution in [2.75, 3.05) is 12.4 Å². The minimum atomic E-state index is -0.134. The van der Waals surface area contributed by atoms with E-state index in [-0.39, 0.29) is 5.91 Å². The first-order valence-corrected chi connectivity index (χ1v) is 9.37. The lowest BCUT2D eigenvalue weighted by atomic mass is 10.0. The van der Waals surface area contributed by atoms with Gasteiger partial charge in [-0.1, -0.05) is 36.4 Å². The van der Waals surface area contributed by atoms with E-state index < -0.39 is 0 Å². The van der Waals surface area contributed by atoms with Crippen molar-refractivity contribution in [3.05, 3.63) is 60.3 Å². The number of rotatable bonds is 4. The molecule has 6 nitrogen and oxygen atoms in total. The molecule has 1 saturated carbocycles. The van der Waals surface area contributed by atoms with Crippen LogP contribution in [0, 0.1) is 0 Å². The van der Waals surface area contributed by atoms with Gasteiger partial charge < -0.3 is 10.6 Å². The van der Waals surface area contributed by atoms with Gasteiger partial charge in [-0.05, 0) is 25.0 Å². The minimum Gasteiger partial charge on any atom is -0.355 e. The lowest BCUT2D eigenvalue weighted by Gasteiger charge is -2.11. The second kappa shape index (κ2) is 6.56. The van der Waals surface area contributed by atoms with E-state index in [1.807, 2.05) is 48.7 Å². The zero-order valence-corrected chi connectivity index (χ0v) is 15.4. The first kappa shape index (κ1) is 16.6. The molecule has 2 aromatic heterocycles. The Hall–Kier alpha value is -3.54. The predicted octanol–water partition coefficient (Wildman–Crippen LogP) is 3.78. The fourth-order valence-corrected chi connectivity index (χ4v) is 3.35. The highest BCUT2D eigenvalue weighted by molar-refractivity contribution is 6.10. The number of benzene rings is 2. The van der Waals surface area contributed by atoms with Gasteiger partial charge in [-0.15, -0.1) is 0 Å². The molecule has 28 heavy (non-hydrogen) atoms. The lowest BCUT2D eigenvalue weighted by molar-refractivity contribution is 0.0963. The van der Waals surface area contributed by atoms with E-state index in [9.17, 15) is 4.79 Å². The first-order chi connectivity index (χ1) is 13.7. The molecule has 2 heterocycles. The van der Waals surface area contributed by atoms with E-state index in [1.165, 1.54) is 0 Å². The van der Waals surface area contributed by atoms with Crippen LogP contribution in [0.4, 0.5) is 5.95 Å². The molecule has 1 aliphatic carbocycles. The Morgan fingerprint density at radius 1 is 1.04 bits per heavy atom. The van der Waals surface area contributed by atoms with Gasteiger partial charge in [-0.2, -0.15) is 0 Å². The molecule has 5 rings (SSSR count). The molecule has 138 valence electrons. The summed E-state index contributed by atoms with van der Waals surface area (Å²) in [6.45, 7) is 0. The lowest BCUT2D eigenvalue weighted by Crippen LogP contribution is -2.17. The highest BCUT2D eigenvalue weighted by atomic mass is 16.1. The Balaban J connectivity index is 1.78. The number of amides is 1. The van der Waals surface area contributed by atoms with Crippen LogP contribution in [-0.2, 0) is 0 Å². The van der Waals surface area contributed by atoms with Crippen molar-refractivity contribution >= 4 is 33.7 Å². The zero-order valence-electron chi connectivity index (χ0n) is 15.4. The second-order valence-electron chi connectivity index (χ2n) is 7.01. The summed E-state index contributed by atoms with van der Waals surface area (Å²) in [7, 11) is 1.62. The number of nitrogens with zero attached hydrogens (tertiary/aromatic N) is 3. The maximum absolute atomic E-state index is 12.1. The minimum absolute atomic E-state index is 0.134. The van der Waals surface area contributed by atoms with Gasteiger partial charge in [0.1, 0.15) is 5.52 Å². The van der Waals surface area contributed by atoms with Crippen molar-refractivity contribution in [1.82, 2.24) is 20.3 Å². The van der Waals surface area contributed by atoms with Gasteiger partial charge in [0.25, 0.3) is 5.91 Å². The Kier molecular flexibility index (Phi) is 3.90. The Morgan fingerprint density at radius 3 is 2.61 bits per heavy atom. The number of carbonyl (C=O) groups excluding carboxylic acids is 1. The van der Waals surface area contributed by atoms with Crippen molar-refractivity contribution in [2.24, 2.45) is 0 Å². The van der Waals surface area contributed by atoms with Crippen molar-refractivity contribution in [1.29, 1.82) is 0 Å². The monoisotopic (exact) mass is 369 g/mol. The number of carbonyl (C=O) groups is 1. The summed E-state index contributed by atoms with van der Waals surface area (Å²) in [6.07, 6.45) is 4.17. The average molecular weight is 369 g/mol. The van der Waals surface area contributed by atoms with Gasteiger partial charge in [0, 0.05) is 41.2 Å². The number of aromatic nitrogens is 3. The van der Waals surface area contributed by atoms with Crippen LogP contribution in [0.15, 0.2) is 54.7 Å². The fraction of sp³-hybridized carbons (Fsp3) is 0.182. The van der Waals surface area contributed by atoms with E-state index in [4.69, 9.17) is 9.97 Å². The maximum Gasteiger partial charge on any atom is 0.251 e. The number of hydrogen-bond acceptors (Lipinski definition) is 5. The number of anilines is 1. The topological polar surface area (TPSA) is 79.8 Å². The van der Waals surface area contributed by atoms with E-state index in [2.05, 4.69) is 15.6 Å². The molecule has 4 aromatic rings. The average Bonchev–Trinajstić information content (AvgIpc) is 3.56. The Bertz CT molecular complexity index is 1200. The van der Waals surface area contributed by atoms with E-state index in [0.29, 0.717) is 17.6 Å². The molecule has 0 saturated heterocycles. The normalized spacial score (nSPS) is 13.6. The van der Waals surface area contributed by atoms with Gasteiger partial charge in [-0.3, -0.25) is 4.79 Å². The van der Waals surface area contributed by atoms with Gasteiger partial charge in [-0.25, -0.2) is 15.0 Å². The summed E-state index contributed by atoms with van der Waals surface area (Å²) < 4.78 is 0. The number of nitrogens with one attached hydrogen (secondary N) is 2. The van der Waals surface area contributed by atoms with Gasteiger partial charge in [0.15, 0.2) is 0 Å². The molecular formula is C22H19N5O. The summed E-state index contributed by atoms with van der Waals surface area (Å²) >= 11 is 0. The maximum atomic E-state index is 12.1. The zero-order chi connectivity index (χ0) is 19.1. The van der Waals surface area contributed by atoms with Crippen molar-refractivity contribution in [3.63, 3.8) is 0 Å². The van der Waals surface area contributed by atoms with E-state index >= 15 is 0 Å². The molecule has 1 aliphatic rings. The van der Waals surface area contributed by atoms with Gasteiger partial charge in [0.05, 0.1) is 11.2 Å². The van der Waals surface area contributed by atoms with Crippen molar-refractivity contribution in [2.45, 2.75) is 18.9 Å². The van der Waals surface area contributed by atoms with Crippen molar-refractivity contribution < 1.29 is 4.79 Å². The molecule has 0 bridgehead atoms. The molecule has 0 unspecified atom stereocenters. The number of pyridine rings is 1. The molecular weight excluding hydrogens is 350 g/mol. The van der Waals surface area contributed by atoms with Crippen LogP contribution in [0.2, 0.25) is 0 Å². The van der Waals surface area contributed by atoms with Gasteiger partial charge in [0.2, 0.25) is 5.95 Å². The highest BCUT2D eigenvalue weighted by Gasteiger charge is 2.22. The summed E-state index contributed by atoms with van der Waals surface area (Å²) in [5.41, 5.74) is 3.91. The largest absolute Gasteiger partial charge is 0.355 e. The summed E-state index contributed by atoms with van der Waals surface area (Å²) in [4.78, 5) is 26.3. The predicted molar refractivity (Wildman–Crippen MR) is 110 cm³/mol. The highest BCUT2D eigenvalue weighted by Crippen LogP contribution is 2.32. The molecule has 0 radical (unpaired) electrons. The smallest absolute Gasteiger partial charge is 0.251 e. The molecule has 1 amide bonds. The van der Waals surface area contributed by atoms with E-state index in [1.54, 1.807) is 13.1 Å². The van der Waals surface area contributed by atoms with Crippen LogP contribution in [0.25, 0.3) is 33.1 Å². The summed E-state index contributed by atoms with van der Waals surface area (Å²) in [5.74, 6) is 0.501. The third-order valence-electron chi connectivity index (χ3n) is 4.98. The molecule has 0 aliphatic heterocycles. The first-order valence-electron chi connectivity index (χ1n) is 9.37. The van der Waals surface area contributed by atoms with Crippen LogP contribution in [0.1, 0.15) is 23.2 Å². The molecule has 2 N–H and O–H groups in total.